The van der Waals surface area contributed by atoms with Crippen molar-refractivity contribution in [1.82, 2.24) is 10.6 Å². The number of hydrogen-bond acceptors (Lipinski definition) is 2. The molecule has 2 unspecified atom stereocenters. The lowest BCUT2D eigenvalue weighted by molar-refractivity contribution is -0.142. The molecular formula is C15H30N2O3. The average Bonchev–Trinajstić information content (AvgIpc) is 2.38. The number of rotatable bonds is 10. The van der Waals surface area contributed by atoms with Gasteiger partial charge in [-0.25, -0.2) is 4.79 Å². The van der Waals surface area contributed by atoms with Gasteiger partial charge in [-0.05, 0) is 18.3 Å². The Balaban J connectivity index is 4.00. The van der Waals surface area contributed by atoms with Crippen molar-refractivity contribution in [3.8, 4) is 0 Å². The number of carbonyl (C=O) groups is 2. The van der Waals surface area contributed by atoms with Gasteiger partial charge in [0.25, 0.3) is 0 Å². The molecule has 5 heteroatoms. The molecule has 118 valence electrons. The Labute approximate surface area is 122 Å². The predicted octanol–water partition coefficient (Wildman–Crippen LogP) is 2.86. The summed E-state index contributed by atoms with van der Waals surface area (Å²) < 4.78 is 0. The Hall–Kier alpha value is -1.26. The maximum Gasteiger partial charge on any atom is 0.314 e. The van der Waals surface area contributed by atoms with Gasteiger partial charge in [0.1, 0.15) is 0 Å². The highest BCUT2D eigenvalue weighted by molar-refractivity contribution is 5.75. The molecule has 0 aliphatic heterocycles. The van der Waals surface area contributed by atoms with Crippen molar-refractivity contribution in [2.75, 3.05) is 13.1 Å². The highest BCUT2D eigenvalue weighted by Gasteiger charge is 2.21. The summed E-state index contributed by atoms with van der Waals surface area (Å²) in [6.45, 7) is 8.79. The van der Waals surface area contributed by atoms with E-state index in [1.54, 1.807) is 0 Å². The zero-order valence-electron chi connectivity index (χ0n) is 13.2. The molecule has 0 aromatic carbocycles. The number of aliphatic carboxylic acids is 1. The van der Waals surface area contributed by atoms with Crippen molar-refractivity contribution in [3.63, 3.8) is 0 Å². The monoisotopic (exact) mass is 286 g/mol. The molecule has 0 saturated heterocycles. The lowest BCUT2D eigenvalue weighted by Gasteiger charge is -2.18. The minimum absolute atomic E-state index is 0.000689. The molecule has 0 radical (unpaired) electrons. The normalized spacial score (nSPS) is 13.8. The largest absolute Gasteiger partial charge is 0.481 e. The third-order valence-electron chi connectivity index (χ3n) is 3.70. The molecule has 0 bridgehead atoms. The Morgan fingerprint density at radius 1 is 1.10 bits per heavy atom. The Morgan fingerprint density at radius 2 is 1.70 bits per heavy atom. The number of urea groups is 1. The number of hydrogen-bond donors (Lipinski definition) is 3. The van der Waals surface area contributed by atoms with Crippen molar-refractivity contribution < 1.29 is 14.7 Å². The minimum Gasteiger partial charge on any atom is -0.481 e. The molecule has 0 aliphatic rings. The molecule has 0 saturated carbocycles. The summed E-state index contributed by atoms with van der Waals surface area (Å²) in [6.07, 6.45) is 4.51. The second kappa shape index (κ2) is 10.5. The molecule has 2 atom stereocenters. The molecule has 5 nitrogen and oxygen atoms in total. The zero-order chi connectivity index (χ0) is 15.5. The van der Waals surface area contributed by atoms with E-state index in [4.69, 9.17) is 5.11 Å². The first kappa shape index (κ1) is 18.7. The Kier molecular flexibility index (Phi) is 9.86. The van der Waals surface area contributed by atoms with Crippen LogP contribution < -0.4 is 10.6 Å². The van der Waals surface area contributed by atoms with Gasteiger partial charge in [-0.2, -0.15) is 0 Å². The number of amides is 2. The molecule has 0 spiro atoms. The van der Waals surface area contributed by atoms with Crippen molar-refractivity contribution in [2.45, 2.75) is 53.4 Å². The van der Waals surface area contributed by atoms with Crippen LogP contribution in [0.15, 0.2) is 0 Å². The number of nitrogens with one attached hydrogen (secondary N) is 2. The van der Waals surface area contributed by atoms with Gasteiger partial charge in [0, 0.05) is 13.1 Å². The van der Waals surface area contributed by atoms with Gasteiger partial charge in [0.05, 0.1) is 5.92 Å². The van der Waals surface area contributed by atoms with Crippen LogP contribution in [0.3, 0.4) is 0 Å². The van der Waals surface area contributed by atoms with Crippen LogP contribution in [0.2, 0.25) is 0 Å². The van der Waals surface area contributed by atoms with E-state index >= 15 is 0 Å². The van der Waals surface area contributed by atoms with E-state index in [0.29, 0.717) is 12.5 Å². The van der Waals surface area contributed by atoms with E-state index in [1.165, 1.54) is 6.42 Å². The van der Waals surface area contributed by atoms with Crippen LogP contribution in [0, 0.1) is 17.8 Å². The quantitative estimate of drug-likeness (QED) is 0.578. The van der Waals surface area contributed by atoms with Crippen LogP contribution in [-0.2, 0) is 4.79 Å². The first-order chi connectivity index (χ1) is 9.42. The van der Waals surface area contributed by atoms with Gasteiger partial charge in [-0.3, -0.25) is 4.79 Å². The van der Waals surface area contributed by atoms with Gasteiger partial charge in [-0.15, -0.1) is 0 Å². The summed E-state index contributed by atoms with van der Waals surface area (Å²) in [4.78, 5) is 22.7. The second-order valence-electron chi connectivity index (χ2n) is 5.70. The lowest BCUT2D eigenvalue weighted by atomic mass is 9.96. The van der Waals surface area contributed by atoms with E-state index in [0.717, 1.165) is 19.3 Å². The molecule has 3 N–H and O–H groups in total. The topological polar surface area (TPSA) is 78.4 Å². The van der Waals surface area contributed by atoms with Gasteiger partial charge >= 0.3 is 12.0 Å². The van der Waals surface area contributed by atoms with Crippen molar-refractivity contribution >= 4 is 12.0 Å². The number of carboxylic acids is 1. The Bertz CT molecular complexity index is 293. The first-order valence-corrected chi connectivity index (χ1v) is 7.66. The van der Waals surface area contributed by atoms with Crippen LogP contribution in [0.4, 0.5) is 4.79 Å². The molecule has 0 aromatic rings. The summed E-state index contributed by atoms with van der Waals surface area (Å²) in [5.74, 6) is -0.903. The van der Waals surface area contributed by atoms with E-state index in [1.807, 2.05) is 13.8 Å². The summed E-state index contributed by atoms with van der Waals surface area (Å²) in [5, 5.41) is 14.5. The predicted molar refractivity (Wildman–Crippen MR) is 80.7 cm³/mol. The summed E-state index contributed by atoms with van der Waals surface area (Å²) in [5.41, 5.74) is 0. The molecule has 0 fully saturated rings. The van der Waals surface area contributed by atoms with Crippen molar-refractivity contribution in [2.24, 2.45) is 17.8 Å². The van der Waals surface area contributed by atoms with Crippen molar-refractivity contribution in [1.29, 1.82) is 0 Å². The number of unbranched alkanes of at least 4 members (excludes halogenated alkanes) is 1. The number of carboxylic acid groups (broad SMARTS) is 1. The lowest BCUT2D eigenvalue weighted by Crippen LogP contribution is -2.42. The molecule has 0 rings (SSSR count). The molecule has 0 aliphatic carbocycles. The van der Waals surface area contributed by atoms with Crippen LogP contribution in [0.1, 0.15) is 53.4 Å². The van der Waals surface area contributed by atoms with Gasteiger partial charge < -0.3 is 15.7 Å². The third-order valence-corrected chi connectivity index (χ3v) is 3.70. The second-order valence-corrected chi connectivity index (χ2v) is 5.70. The maximum absolute atomic E-state index is 11.7. The van der Waals surface area contributed by atoms with Crippen LogP contribution in [0.25, 0.3) is 0 Å². The highest BCUT2D eigenvalue weighted by atomic mass is 16.4. The first-order valence-electron chi connectivity index (χ1n) is 7.66. The molecule has 0 heterocycles. The maximum atomic E-state index is 11.7. The summed E-state index contributed by atoms with van der Waals surface area (Å²) in [6, 6.07) is -0.271. The van der Waals surface area contributed by atoms with Gasteiger partial charge in [0.2, 0.25) is 0 Å². The number of carbonyl (C=O) groups excluding carboxylic acids is 1. The molecule has 2 amide bonds. The van der Waals surface area contributed by atoms with E-state index in [-0.39, 0.29) is 18.5 Å². The smallest absolute Gasteiger partial charge is 0.314 e. The van der Waals surface area contributed by atoms with E-state index < -0.39 is 11.9 Å². The SMILES string of the molecule is CCCCC(CC)CNC(=O)NCC(C(=O)O)C(C)C. The van der Waals surface area contributed by atoms with Crippen LogP contribution in [0.5, 0.6) is 0 Å². The molecule has 0 aromatic heterocycles. The van der Waals surface area contributed by atoms with Gasteiger partial charge in [-0.1, -0.05) is 47.0 Å². The van der Waals surface area contributed by atoms with Crippen molar-refractivity contribution in [3.05, 3.63) is 0 Å². The zero-order valence-corrected chi connectivity index (χ0v) is 13.2. The molecular weight excluding hydrogens is 256 g/mol. The van der Waals surface area contributed by atoms with E-state index in [9.17, 15) is 9.59 Å². The third kappa shape index (κ3) is 8.02. The molecule has 20 heavy (non-hydrogen) atoms. The fourth-order valence-corrected chi connectivity index (χ4v) is 2.05. The minimum atomic E-state index is -0.866. The summed E-state index contributed by atoms with van der Waals surface area (Å²) in [7, 11) is 0. The fourth-order valence-electron chi connectivity index (χ4n) is 2.05. The summed E-state index contributed by atoms with van der Waals surface area (Å²) >= 11 is 0. The van der Waals surface area contributed by atoms with E-state index in [2.05, 4.69) is 24.5 Å². The van der Waals surface area contributed by atoms with Crippen LogP contribution >= 0.6 is 0 Å². The standard InChI is InChI=1S/C15H30N2O3/c1-5-7-8-12(6-2)9-16-15(20)17-10-13(11(3)4)14(18)19/h11-13H,5-10H2,1-4H3,(H,18,19)(H2,16,17,20). The van der Waals surface area contributed by atoms with Gasteiger partial charge in [0.15, 0.2) is 0 Å². The highest BCUT2D eigenvalue weighted by Crippen LogP contribution is 2.11. The fraction of sp³-hybridized carbons (Fsp3) is 0.867. The average molecular weight is 286 g/mol. The van der Waals surface area contributed by atoms with Crippen LogP contribution in [-0.4, -0.2) is 30.2 Å². The Morgan fingerprint density at radius 3 is 2.15 bits per heavy atom.